The van der Waals surface area contributed by atoms with Crippen LogP contribution in [0.25, 0.3) is 0 Å². The molecule has 0 radical (unpaired) electrons. The maximum Gasteiger partial charge on any atom is 0.248 e. The van der Waals surface area contributed by atoms with Crippen molar-refractivity contribution in [2.75, 3.05) is 15.9 Å². The molecule has 0 heterocycles. The summed E-state index contributed by atoms with van der Waals surface area (Å²) in [5.74, 6) is 0.239. The summed E-state index contributed by atoms with van der Waals surface area (Å²) >= 11 is 5.93. The number of benzene rings is 3. The van der Waals surface area contributed by atoms with Crippen LogP contribution in [0.4, 0.5) is 11.4 Å². The van der Waals surface area contributed by atoms with Crippen molar-refractivity contribution in [1.82, 2.24) is 0 Å². The van der Waals surface area contributed by atoms with Gasteiger partial charge in [-0.1, -0.05) is 48.9 Å². The number of carbonyl (C=O) groups excluding carboxylic acids is 1. The number of sulfonamides is 1. The fourth-order valence-electron chi connectivity index (χ4n) is 3.25. The molecule has 0 aliphatic rings. The lowest BCUT2D eigenvalue weighted by molar-refractivity contribution is -0.117. The van der Waals surface area contributed by atoms with Crippen LogP contribution < -0.4 is 14.4 Å². The third-order valence-corrected chi connectivity index (χ3v) is 6.21. The molecule has 168 valence electrons. The number of amides is 1. The molecule has 3 rings (SSSR count). The van der Waals surface area contributed by atoms with Crippen LogP contribution in [-0.4, -0.2) is 26.6 Å². The zero-order valence-electron chi connectivity index (χ0n) is 17.9. The molecule has 0 unspecified atom stereocenters. The molecular weight excluding hydrogens is 448 g/mol. The van der Waals surface area contributed by atoms with Crippen LogP contribution in [0.1, 0.15) is 18.9 Å². The Hall–Kier alpha value is -3.03. The van der Waals surface area contributed by atoms with Crippen molar-refractivity contribution < 1.29 is 17.9 Å². The van der Waals surface area contributed by atoms with E-state index < -0.39 is 22.0 Å². The Morgan fingerprint density at radius 3 is 2.19 bits per heavy atom. The second-order valence-electron chi connectivity index (χ2n) is 7.25. The highest BCUT2D eigenvalue weighted by atomic mass is 35.5. The number of halogens is 1. The highest BCUT2D eigenvalue weighted by Crippen LogP contribution is 2.25. The number of ether oxygens (including phenoxy) is 1. The first-order valence-electron chi connectivity index (χ1n) is 10.1. The summed E-state index contributed by atoms with van der Waals surface area (Å²) in [5, 5.41) is 3.28. The minimum absolute atomic E-state index is 0.291. The van der Waals surface area contributed by atoms with Crippen molar-refractivity contribution in [1.29, 1.82) is 0 Å². The predicted molar refractivity (Wildman–Crippen MR) is 129 cm³/mol. The van der Waals surface area contributed by atoms with Crippen LogP contribution in [0.15, 0.2) is 78.9 Å². The van der Waals surface area contributed by atoms with Gasteiger partial charge in [-0.2, -0.15) is 0 Å². The number of nitrogens with one attached hydrogen (secondary N) is 1. The maximum absolute atomic E-state index is 13.0. The van der Waals surface area contributed by atoms with Gasteiger partial charge in [-0.05, 0) is 60.5 Å². The van der Waals surface area contributed by atoms with Gasteiger partial charge in [0.2, 0.25) is 15.9 Å². The van der Waals surface area contributed by atoms with Crippen LogP contribution in [-0.2, 0) is 21.4 Å². The van der Waals surface area contributed by atoms with Crippen LogP contribution in [0, 0.1) is 0 Å². The molecule has 1 N–H and O–H groups in total. The Balaban J connectivity index is 1.71. The molecule has 32 heavy (non-hydrogen) atoms. The van der Waals surface area contributed by atoms with E-state index in [0.29, 0.717) is 35.2 Å². The zero-order chi connectivity index (χ0) is 23.1. The van der Waals surface area contributed by atoms with Crippen LogP contribution >= 0.6 is 11.6 Å². The molecule has 0 bridgehead atoms. The average molecular weight is 473 g/mol. The molecule has 0 spiro atoms. The first-order valence-corrected chi connectivity index (χ1v) is 12.3. The molecule has 3 aromatic carbocycles. The summed E-state index contributed by atoms with van der Waals surface area (Å²) in [4.78, 5) is 13.0. The minimum atomic E-state index is -3.71. The van der Waals surface area contributed by atoms with E-state index in [0.717, 1.165) is 16.1 Å². The molecule has 8 heteroatoms. The van der Waals surface area contributed by atoms with E-state index in [4.69, 9.17) is 16.3 Å². The summed E-state index contributed by atoms with van der Waals surface area (Å²) in [6.45, 7) is 2.20. The van der Waals surface area contributed by atoms with Gasteiger partial charge in [0, 0.05) is 10.7 Å². The summed E-state index contributed by atoms with van der Waals surface area (Å²) in [7, 11) is -3.71. The number of anilines is 2. The van der Waals surface area contributed by atoms with Crippen molar-refractivity contribution in [3.8, 4) is 5.75 Å². The third-order valence-electron chi connectivity index (χ3n) is 4.78. The molecule has 0 fully saturated rings. The van der Waals surface area contributed by atoms with E-state index in [2.05, 4.69) is 5.32 Å². The summed E-state index contributed by atoms with van der Waals surface area (Å²) in [6.07, 6.45) is 1.37. The van der Waals surface area contributed by atoms with Crippen LogP contribution in [0.5, 0.6) is 5.75 Å². The topological polar surface area (TPSA) is 75.7 Å². The summed E-state index contributed by atoms with van der Waals surface area (Å²) in [5.41, 5.74) is 1.98. The van der Waals surface area contributed by atoms with Crippen LogP contribution in [0.2, 0.25) is 5.02 Å². The zero-order valence-corrected chi connectivity index (χ0v) is 19.4. The van der Waals surface area contributed by atoms with E-state index in [1.807, 2.05) is 30.3 Å². The number of nitrogens with zero attached hydrogens (tertiary/aromatic N) is 1. The van der Waals surface area contributed by atoms with Crippen molar-refractivity contribution in [3.63, 3.8) is 0 Å². The lowest BCUT2D eigenvalue weighted by Crippen LogP contribution is -2.46. The second-order valence-corrected chi connectivity index (χ2v) is 9.54. The smallest absolute Gasteiger partial charge is 0.248 e. The van der Waals surface area contributed by atoms with Crippen molar-refractivity contribution in [3.05, 3.63) is 89.4 Å². The van der Waals surface area contributed by atoms with Crippen LogP contribution in [0.3, 0.4) is 0 Å². The quantitative estimate of drug-likeness (QED) is 0.470. The third kappa shape index (κ3) is 6.24. The molecule has 1 atom stereocenters. The fraction of sp³-hybridized carbons (Fsp3) is 0.208. The van der Waals surface area contributed by atoms with Gasteiger partial charge in [-0.3, -0.25) is 9.10 Å². The van der Waals surface area contributed by atoms with Gasteiger partial charge in [0.05, 0.1) is 11.9 Å². The molecule has 0 saturated heterocycles. The average Bonchev–Trinajstić information content (AvgIpc) is 2.77. The number of carbonyl (C=O) groups is 1. The SMILES string of the molecule is CC[C@@H](C(=O)Nc1ccc(OCc2ccccc2)cc1)N(c1ccc(Cl)cc1)S(C)(=O)=O. The lowest BCUT2D eigenvalue weighted by Gasteiger charge is -2.30. The normalized spacial score (nSPS) is 12.1. The minimum Gasteiger partial charge on any atom is -0.489 e. The fourth-order valence-corrected chi connectivity index (χ4v) is 4.59. The van der Waals surface area contributed by atoms with Gasteiger partial charge >= 0.3 is 0 Å². The van der Waals surface area contributed by atoms with Crippen molar-refractivity contribution in [2.24, 2.45) is 0 Å². The highest BCUT2D eigenvalue weighted by molar-refractivity contribution is 7.92. The van der Waals surface area contributed by atoms with E-state index in [-0.39, 0.29) is 0 Å². The van der Waals surface area contributed by atoms with Crippen molar-refractivity contribution >= 4 is 38.9 Å². The molecular formula is C24H25ClN2O4S. The number of hydrogen-bond acceptors (Lipinski definition) is 4. The van der Waals surface area contributed by atoms with Gasteiger partial charge in [0.25, 0.3) is 0 Å². The first kappa shape index (κ1) is 23.6. The van der Waals surface area contributed by atoms with E-state index >= 15 is 0 Å². The first-order chi connectivity index (χ1) is 15.3. The largest absolute Gasteiger partial charge is 0.489 e. The Morgan fingerprint density at radius 1 is 1.00 bits per heavy atom. The highest BCUT2D eigenvalue weighted by Gasteiger charge is 2.31. The standard InChI is InChI=1S/C24H25ClN2O4S/c1-3-23(27(32(2,29)30)21-13-9-19(25)10-14-21)24(28)26-20-11-15-22(16-12-20)31-17-18-7-5-4-6-8-18/h4-16,23H,3,17H2,1-2H3,(H,26,28)/t23-/m0/s1. The lowest BCUT2D eigenvalue weighted by atomic mass is 10.1. The monoisotopic (exact) mass is 472 g/mol. The van der Waals surface area contributed by atoms with Gasteiger partial charge in [0.1, 0.15) is 18.4 Å². The van der Waals surface area contributed by atoms with Gasteiger partial charge in [0.15, 0.2) is 0 Å². The molecule has 0 saturated carbocycles. The summed E-state index contributed by atoms with van der Waals surface area (Å²) < 4.78 is 31.9. The van der Waals surface area contributed by atoms with E-state index in [9.17, 15) is 13.2 Å². The molecule has 0 aliphatic carbocycles. The molecule has 3 aromatic rings. The van der Waals surface area contributed by atoms with E-state index in [1.54, 1.807) is 55.5 Å². The Kier molecular flexibility index (Phi) is 7.77. The predicted octanol–water partition coefficient (Wildman–Crippen LogP) is 5.10. The van der Waals surface area contributed by atoms with Gasteiger partial charge < -0.3 is 10.1 Å². The Bertz CT molecular complexity index is 1130. The number of hydrogen-bond donors (Lipinski definition) is 1. The molecule has 1 amide bonds. The second kappa shape index (κ2) is 10.5. The molecule has 6 nitrogen and oxygen atoms in total. The summed E-state index contributed by atoms with van der Waals surface area (Å²) in [6, 6.07) is 22.2. The Morgan fingerprint density at radius 2 is 1.62 bits per heavy atom. The Labute approximate surface area is 193 Å². The number of rotatable bonds is 9. The van der Waals surface area contributed by atoms with Gasteiger partial charge in [-0.15, -0.1) is 0 Å². The molecule has 0 aliphatic heterocycles. The molecule has 0 aromatic heterocycles. The van der Waals surface area contributed by atoms with Gasteiger partial charge in [-0.25, -0.2) is 8.42 Å². The maximum atomic E-state index is 13.0. The van der Waals surface area contributed by atoms with Crippen molar-refractivity contribution in [2.45, 2.75) is 26.0 Å². The van der Waals surface area contributed by atoms with E-state index in [1.165, 1.54) is 0 Å².